The van der Waals surface area contributed by atoms with Crippen molar-refractivity contribution in [2.75, 3.05) is 26.2 Å². The zero-order chi connectivity index (χ0) is 23.2. The number of benzene rings is 1. The van der Waals surface area contributed by atoms with Crippen molar-refractivity contribution in [1.82, 2.24) is 24.3 Å². The molecule has 2 aliphatic rings. The molecule has 2 saturated heterocycles. The number of aromatic amines is 2. The summed E-state index contributed by atoms with van der Waals surface area (Å²) >= 11 is 0. The van der Waals surface area contributed by atoms with Crippen LogP contribution in [0.25, 0.3) is 10.9 Å². The number of hydrogen-bond acceptors (Lipinski definition) is 4. The summed E-state index contributed by atoms with van der Waals surface area (Å²) in [4.78, 5) is 58.6. The van der Waals surface area contributed by atoms with E-state index in [4.69, 9.17) is 0 Å². The maximum Gasteiger partial charge on any atom is 0.328 e. The quantitative estimate of drug-likeness (QED) is 0.619. The number of carbonyl (C=O) groups excluding carboxylic acids is 2. The number of likely N-dealkylation sites (tertiary alicyclic amines) is 2. The highest BCUT2D eigenvalue weighted by atomic mass is 16.2. The zero-order valence-corrected chi connectivity index (χ0v) is 18.6. The van der Waals surface area contributed by atoms with Gasteiger partial charge in [0.05, 0.1) is 6.42 Å². The molecule has 2 amide bonds. The first kappa shape index (κ1) is 21.2. The summed E-state index contributed by atoms with van der Waals surface area (Å²) in [5, 5.41) is 1.07. The van der Waals surface area contributed by atoms with Crippen molar-refractivity contribution in [2.45, 2.75) is 32.7 Å². The molecule has 1 aromatic carbocycles. The van der Waals surface area contributed by atoms with Crippen LogP contribution in [0.1, 0.15) is 24.0 Å². The number of aromatic nitrogens is 3. The minimum absolute atomic E-state index is 0.0859. The SMILES string of the molecule is Cc1cn(CC(=O)N2CCC3(CCN(C(=O)Cc4c[nH]c5ccccc45)C3)C2)c(=O)[nH]c1=O. The molecule has 2 aromatic heterocycles. The summed E-state index contributed by atoms with van der Waals surface area (Å²) in [6.07, 6.45) is 5.40. The lowest BCUT2D eigenvalue weighted by atomic mass is 9.86. The summed E-state index contributed by atoms with van der Waals surface area (Å²) in [7, 11) is 0. The topological polar surface area (TPSA) is 111 Å². The molecule has 4 heterocycles. The molecule has 2 aliphatic heterocycles. The van der Waals surface area contributed by atoms with E-state index in [0.717, 1.165) is 29.3 Å². The molecule has 1 atom stereocenters. The Morgan fingerprint density at radius 3 is 2.48 bits per heavy atom. The van der Waals surface area contributed by atoms with Gasteiger partial charge in [0.2, 0.25) is 11.8 Å². The van der Waals surface area contributed by atoms with E-state index in [1.165, 1.54) is 10.8 Å². The van der Waals surface area contributed by atoms with Gasteiger partial charge in [-0.2, -0.15) is 0 Å². The van der Waals surface area contributed by atoms with E-state index < -0.39 is 11.2 Å². The van der Waals surface area contributed by atoms with Gasteiger partial charge in [0.1, 0.15) is 6.54 Å². The van der Waals surface area contributed by atoms with E-state index in [1.54, 1.807) is 11.8 Å². The van der Waals surface area contributed by atoms with Gasteiger partial charge in [0.25, 0.3) is 5.56 Å². The van der Waals surface area contributed by atoms with E-state index >= 15 is 0 Å². The number of nitrogens with one attached hydrogen (secondary N) is 2. The van der Waals surface area contributed by atoms with Crippen molar-refractivity contribution in [3.05, 3.63) is 68.6 Å². The first-order valence-corrected chi connectivity index (χ1v) is 11.2. The number of aryl methyl sites for hydroxylation is 1. The minimum atomic E-state index is -0.581. The summed E-state index contributed by atoms with van der Waals surface area (Å²) in [6, 6.07) is 7.97. The lowest BCUT2D eigenvalue weighted by Crippen LogP contribution is -2.39. The Bertz CT molecular complexity index is 1350. The first-order chi connectivity index (χ1) is 15.8. The third kappa shape index (κ3) is 3.99. The monoisotopic (exact) mass is 449 g/mol. The van der Waals surface area contributed by atoms with Crippen LogP contribution in [0.4, 0.5) is 0 Å². The standard InChI is InChI=1S/C24H27N5O4/c1-16-12-29(23(33)26-22(16)32)13-21(31)28-9-7-24(15-28)6-8-27(14-24)20(30)10-17-11-25-19-5-3-2-4-18(17)19/h2-5,11-12,25H,6-10,13-15H2,1H3,(H,26,32,33). The normalized spacial score (nSPS) is 20.3. The first-order valence-electron chi connectivity index (χ1n) is 11.2. The van der Waals surface area contributed by atoms with E-state index in [-0.39, 0.29) is 23.8 Å². The van der Waals surface area contributed by atoms with Crippen molar-refractivity contribution >= 4 is 22.7 Å². The number of carbonyl (C=O) groups is 2. The molecule has 9 heteroatoms. The molecule has 1 spiro atoms. The minimum Gasteiger partial charge on any atom is -0.361 e. The Labute approximate surface area is 190 Å². The highest BCUT2D eigenvalue weighted by Gasteiger charge is 2.45. The third-order valence-electron chi connectivity index (χ3n) is 7.09. The number of H-pyrrole nitrogens is 2. The molecule has 2 fully saturated rings. The van der Waals surface area contributed by atoms with Crippen molar-refractivity contribution in [2.24, 2.45) is 5.41 Å². The van der Waals surface area contributed by atoms with Crippen molar-refractivity contribution in [1.29, 1.82) is 0 Å². The Morgan fingerprint density at radius 2 is 1.73 bits per heavy atom. The number of nitrogens with zero attached hydrogens (tertiary/aromatic N) is 3. The van der Waals surface area contributed by atoms with Crippen LogP contribution >= 0.6 is 0 Å². The lowest BCUT2D eigenvalue weighted by molar-refractivity contribution is -0.131. The van der Waals surface area contributed by atoms with E-state index in [2.05, 4.69) is 9.97 Å². The molecule has 0 radical (unpaired) electrons. The van der Waals surface area contributed by atoms with Crippen molar-refractivity contribution < 1.29 is 9.59 Å². The molecule has 0 bridgehead atoms. The molecule has 1 unspecified atom stereocenters. The van der Waals surface area contributed by atoms with Crippen LogP contribution in [0.5, 0.6) is 0 Å². The molecule has 0 aliphatic carbocycles. The van der Waals surface area contributed by atoms with Gasteiger partial charge in [0.15, 0.2) is 0 Å². The number of rotatable bonds is 4. The summed E-state index contributed by atoms with van der Waals surface area (Å²) in [5.74, 6) is -0.0411. The van der Waals surface area contributed by atoms with Crippen LogP contribution < -0.4 is 11.2 Å². The molecule has 172 valence electrons. The van der Waals surface area contributed by atoms with Crippen LogP contribution in [-0.4, -0.2) is 62.3 Å². The van der Waals surface area contributed by atoms with E-state index in [0.29, 0.717) is 38.2 Å². The number of fused-ring (bicyclic) bond motifs is 1. The van der Waals surface area contributed by atoms with Crippen molar-refractivity contribution in [3.63, 3.8) is 0 Å². The zero-order valence-electron chi connectivity index (χ0n) is 18.6. The summed E-state index contributed by atoms with van der Waals surface area (Å²) in [5.41, 5.74) is 1.31. The third-order valence-corrected chi connectivity index (χ3v) is 7.09. The van der Waals surface area contributed by atoms with Gasteiger partial charge in [-0.3, -0.25) is 23.9 Å². The van der Waals surface area contributed by atoms with E-state index in [1.807, 2.05) is 35.4 Å². The van der Waals surface area contributed by atoms with Gasteiger partial charge in [-0.25, -0.2) is 4.79 Å². The largest absolute Gasteiger partial charge is 0.361 e. The van der Waals surface area contributed by atoms with Gasteiger partial charge >= 0.3 is 5.69 Å². The van der Waals surface area contributed by atoms with E-state index in [9.17, 15) is 19.2 Å². The molecule has 5 rings (SSSR count). The average Bonchev–Trinajstić information content (AvgIpc) is 3.52. The fraction of sp³-hybridized carbons (Fsp3) is 0.417. The van der Waals surface area contributed by atoms with Crippen LogP contribution in [-0.2, 0) is 22.6 Å². The fourth-order valence-electron chi connectivity index (χ4n) is 5.16. The molecule has 2 N–H and O–H groups in total. The highest BCUT2D eigenvalue weighted by molar-refractivity contribution is 5.89. The van der Waals surface area contributed by atoms with Gasteiger partial charge in [-0.05, 0) is 31.4 Å². The summed E-state index contributed by atoms with van der Waals surface area (Å²) in [6.45, 7) is 4.04. The Morgan fingerprint density at radius 1 is 1.03 bits per heavy atom. The average molecular weight is 450 g/mol. The van der Waals surface area contributed by atoms with Gasteiger partial charge < -0.3 is 14.8 Å². The van der Waals surface area contributed by atoms with Crippen LogP contribution in [0.2, 0.25) is 0 Å². The second-order valence-corrected chi connectivity index (χ2v) is 9.37. The van der Waals surface area contributed by atoms with Crippen LogP contribution in [0.3, 0.4) is 0 Å². The number of amides is 2. The Hall–Kier alpha value is -3.62. The predicted octanol–water partition coefficient (Wildman–Crippen LogP) is 1.02. The predicted molar refractivity (Wildman–Crippen MR) is 123 cm³/mol. The molecule has 33 heavy (non-hydrogen) atoms. The number of hydrogen-bond donors (Lipinski definition) is 2. The fourth-order valence-corrected chi connectivity index (χ4v) is 5.16. The lowest BCUT2D eigenvalue weighted by Gasteiger charge is -2.25. The highest BCUT2D eigenvalue weighted by Crippen LogP contribution is 2.39. The Balaban J connectivity index is 1.21. The van der Waals surface area contributed by atoms with Crippen molar-refractivity contribution in [3.8, 4) is 0 Å². The van der Waals surface area contributed by atoms with Crippen LogP contribution in [0, 0.1) is 12.3 Å². The molecule has 0 saturated carbocycles. The molecule has 3 aromatic rings. The smallest absolute Gasteiger partial charge is 0.328 e. The maximum absolute atomic E-state index is 13.0. The molecular formula is C24H27N5O4. The maximum atomic E-state index is 13.0. The van der Waals surface area contributed by atoms with Gasteiger partial charge in [-0.15, -0.1) is 0 Å². The second kappa shape index (κ2) is 8.06. The molecular weight excluding hydrogens is 422 g/mol. The second-order valence-electron chi connectivity index (χ2n) is 9.37. The number of para-hydroxylation sites is 1. The van der Waals surface area contributed by atoms with Gasteiger partial charge in [0, 0.05) is 60.5 Å². The summed E-state index contributed by atoms with van der Waals surface area (Å²) < 4.78 is 1.25. The molecule has 9 nitrogen and oxygen atoms in total. The Kier molecular flexibility index (Phi) is 5.19. The van der Waals surface area contributed by atoms with Crippen LogP contribution in [0.15, 0.2) is 46.2 Å². The van der Waals surface area contributed by atoms with Gasteiger partial charge in [-0.1, -0.05) is 18.2 Å².